The number of fused-ring (bicyclic) bond motifs is 1. The summed E-state index contributed by atoms with van der Waals surface area (Å²) in [4.78, 5) is 28.1. The standard InChI is InChI=1S/C15H26N2O3/c1-3-20-15(19)7-6-14(18)11-17-10-13-5-4-8-16(13)9-12(17)2/h12-13H,3-11H2,1-2H3. The minimum Gasteiger partial charge on any atom is -0.466 e. The summed E-state index contributed by atoms with van der Waals surface area (Å²) in [5, 5.41) is 0. The van der Waals surface area contributed by atoms with Gasteiger partial charge in [-0.15, -0.1) is 0 Å². The van der Waals surface area contributed by atoms with Crippen LogP contribution in [0.5, 0.6) is 0 Å². The molecule has 0 spiro atoms. The minimum atomic E-state index is -0.269. The van der Waals surface area contributed by atoms with Crippen molar-refractivity contribution in [2.45, 2.75) is 51.6 Å². The van der Waals surface area contributed by atoms with E-state index in [0.29, 0.717) is 31.7 Å². The van der Waals surface area contributed by atoms with Crippen LogP contribution < -0.4 is 0 Å². The number of carbonyl (C=O) groups is 2. The van der Waals surface area contributed by atoms with Crippen molar-refractivity contribution in [3.05, 3.63) is 0 Å². The van der Waals surface area contributed by atoms with Gasteiger partial charge in [0.2, 0.25) is 0 Å². The number of hydrogen-bond donors (Lipinski definition) is 0. The van der Waals surface area contributed by atoms with Gasteiger partial charge < -0.3 is 4.74 Å². The first-order valence-corrected chi connectivity index (χ1v) is 7.75. The summed E-state index contributed by atoms with van der Waals surface area (Å²) in [5.41, 5.74) is 0. The first-order chi connectivity index (χ1) is 9.60. The van der Waals surface area contributed by atoms with Crippen molar-refractivity contribution in [2.75, 3.05) is 32.8 Å². The molecule has 2 aliphatic heterocycles. The first kappa shape index (κ1) is 15.4. The largest absolute Gasteiger partial charge is 0.466 e. The summed E-state index contributed by atoms with van der Waals surface area (Å²) < 4.78 is 4.85. The molecule has 114 valence electrons. The monoisotopic (exact) mass is 282 g/mol. The maximum atomic E-state index is 12.0. The lowest BCUT2D eigenvalue weighted by molar-refractivity contribution is -0.144. The van der Waals surface area contributed by atoms with Gasteiger partial charge in [0.25, 0.3) is 0 Å². The van der Waals surface area contributed by atoms with Crippen molar-refractivity contribution in [3.8, 4) is 0 Å². The number of hydrogen-bond acceptors (Lipinski definition) is 5. The fourth-order valence-corrected chi connectivity index (χ4v) is 3.25. The third-order valence-electron chi connectivity index (χ3n) is 4.36. The molecule has 2 rings (SSSR count). The van der Waals surface area contributed by atoms with Gasteiger partial charge in [0.1, 0.15) is 5.78 Å². The van der Waals surface area contributed by atoms with Crippen molar-refractivity contribution in [1.29, 1.82) is 0 Å². The second kappa shape index (κ2) is 7.18. The molecule has 2 saturated heterocycles. The van der Waals surface area contributed by atoms with Crippen LogP contribution in [0.4, 0.5) is 0 Å². The van der Waals surface area contributed by atoms with E-state index in [2.05, 4.69) is 16.7 Å². The van der Waals surface area contributed by atoms with Crippen LogP contribution in [0.3, 0.4) is 0 Å². The zero-order valence-corrected chi connectivity index (χ0v) is 12.6. The van der Waals surface area contributed by atoms with E-state index in [1.54, 1.807) is 6.92 Å². The zero-order chi connectivity index (χ0) is 14.5. The molecule has 0 aliphatic carbocycles. The number of ether oxygens (including phenoxy) is 1. The molecular weight excluding hydrogens is 256 g/mol. The van der Waals surface area contributed by atoms with Gasteiger partial charge in [0.05, 0.1) is 19.6 Å². The second-order valence-electron chi connectivity index (χ2n) is 5.91. The smallest absolute Gasteiger partial charge is 0.306 e. The Morgan fingerprint density at radius 1 is 1.25 bits per heavy atom. The lowest BCUT2D eigenvalue weighted by atomic mass is 10.1. The molecule has 0 aromatic rings. The van der Waals surface area contributed by atoms with Crippen LogP contribution in [-0.4, -0.2) is 66.4 Å². The van der Waals surface area contributed by atoms with Crippen LogP contribution in [0.1, 0.15) is 39.5 Å². The lowest BCUT2D eigenvalue weighted by Crippen LogP contribution is -2.55. The Hall–Kier alpha value is -0.940. The van der Waals surface area contributed by atoms with Gasteiger partial charge in [-0.25, -0.2) is 0 Å². The molecule has 20 heavy (non-hydrogen) atoms. The van der Waals surface area contributed by atoms with E-state index in [9.17, 15) is 9.59 Å². The van der Waals surface area contributed by atoms with Crippen molar-refractivity contribution in [3.63, 3.8) is 0 Å². The summed E-state index contributed by atoms with van der Waals surface area (Å²) in [5.74, 6) is -0.120. The molecule has 2 unspecified atom stereocenters. The number of piperazine rings is 1. The van der Waals surface area contributed by atoms with Crippen LogP contribution in [0.25, 0.3) is 0 Å². The average Bonchev–Trinajstić information content (AvgIpc) is 2.84. The normalized spacial score (nSPS) is 27.3. The Labute approximate surface area is 121 Å². The van der Waals surface area contributed by atoms with Gasteiger partial charge in [-0.3, -0.25) is 19.4 Å². The zero-order valence-electron chi connectivity index (χ0n) is 12.6. The molecule has 2 heterocycles. The van der Waals surface area contributed by atoms with Crippen LogP contribution in [0.15, 0.2) is 0 Å². The molecule has 0 aromatic heterocycles. The minimum absolute atomic E-state index is 0.149. The van der Waals surface area contributed by atoms with Gasteiger partial charge >= 0.3 is 5.97 Å². The molecule has 5 nitrogen and oxygen atoms in total. The first-order valence-electron chi connectivity index (χ1n) is 7.75. The highest BCUT2D eigenvalue weighted by molar-refractivity contribution is 5.84. The summed E-state index contributed by atoms with van der Waals surface area (Å²) in [6.07, 6.45) is 3.04. The molecule has 2 atom stereocenters. The Morgan fingerprint density at radius 3 is 2.80 bits per heavy atom. The molecule has 5 heteroatoms. The molecule has 0 aromatic carbocycles. The summed E-state index contributed by atoms with van der Waals surface area (Å²) in [6, 6.07) is 1.06. The fourth-order valence-electron chi connectivity index (χ4n) is 3.25. The highest BCUT2D eigenvalue weighted by Crippen LogP contribution is 2.24. The number of esters is 1. The quantitative estimate of drug-likeness (QED) is 0.682. The molecular formula is C15H26N2O3. The maximum Gasteiger partial charge on any atom is 0.306 e. The molecule has 2 fully saturated rings. The summed E-state index contributed by atoms with van der Waals surface area (Å²) >= 11 is 0. The second-order valence-corrected chi connectivity index (χ2v) is 5.91. The molecule has 0 amide bonds. The fraction of sp³-hybridized carbons (Fsp3) is 0.867. The SMILES string of the molecule is CCOC(=O)CCC(=O)CN1CC2CCCN2CC1C. The number of rotatable bonds is 6. The number of ketones is 1. The third-order valence-corrected chi connectivity index (χ3v) is 4.36. The van der Waals surface area contributed by atoms with E-state index in [-0.39, 0.29) is 18.2 Å². The van der Waals surface area contributed by atoms with E-state index < -0.39 is 0 Å². The number of Topliss-reactive ketones (excluding diaryl/α,β-unsaturated/α-hetero) is 1. The van der Waals surface area contributed by atoms with Crippen molar-refractivity contribution >= 4 is 11.8 Å². The highest BCUT2D eigenvalue weighted by Gasteiger charge is 2.34. The molecule has 0 radical (unpaired) electrons. The average molecular weight is 282 g/mol. The van der Waals surface area contributed by atoms with E-state index in [0.717, 1.165) is 13.1 Å². The topological polar surface area (TPSA) is 49.9 Å². The predicted molar refractivity (Wildman–Crippen MR) is 76.5 cm³/mol. The molecule has 0 saturated carbocycles. The highest BCUT2D eigenvalue weighted by atomic mass is 16.5. The number of nitrogens with zero attached hydrogens (tertiary/aromatic N) is 2. The van der Waals surface area contributed by atoms with E-state index in [1.807, 2.05) is 0 Å². The molecule has 0 bridgehead atoms. The molecule has 0 N–H and O–H groups in total. The van der Waals surface area contributed by atoms with Crippen LogP contribution in [-0.2, 0) is 14.3 Å². The van der Waals surface area contributed by atoms with Crippen LogP contribution >= 0.6 is 0 Å². The Bertz CT molecular complexity index is 359. The summed E-state index contributed by atoms with van der Waals surface area (Å²) in [7, 11) is 0. The lowest BCUT2D eigenvalue weighted by Gasteiger charge is -2.42. The predicted octanol–water partition coefficient (Wildman–Crippen LogP) is 1.07. The Kier molecular flexibility index (Phi) is 5.54. The third kappa shape index (κ3) is 4.03. The summed E-state index contributed by atoms with van der Waals surface area (Å²) in [6.45, 7) is 8.09. The maximum absolute atomic E-state index is 12.0. The van der Waals surface area contributed by atoms with Crippen molar-refractivity contribution in [2.24, 2.45) is 0 Å². The Morgan fingerprint density at radius 2 is 2.05 bits per heavy atom. The van der Waals surface area contributed by atoms with Crippen molar-refractivity contribution in [1.82, 2.24) is 9.80 Å². The van der Waals surface area contributed by atoms with Crippen LogP contribution in [0.2, 0.25) is 0 Å². The van der Waals surface area contributed by atoms with Gasteiger partial charge in [-0.2, -0.15) is 0 Å². The van der Waals surface area contributed by atoms with Crippen molar-refractivity contribution < 1.29 is 14.3 Å². The van der Waals surface area contributed by atoms with E-state index >= 15 is 0 Å². The van der Waals surface area contributed by atoms with Gasteiger partial charge in [-0.1, -0.05) is 0 Å². The van der Waals surface area contributed by atoms with Crippen LogP contribution in [0, 0.1) is 0 Å². The van der Waals surface area contributed by atoms with E-state index in [1.165, 1.54) is 19.4 Å². The van der Waals surface area contributed by atoms with Gasteiger partial charge in [-0.05, 0) is 33.2 Å². The van der Waals surface area contributed by atoms with E-state index in [4.69, 9.17) is 4.74 Å². The number of carbonyl (C=O) groups excluding carboxylic acids is 2. The Balaban J connectivity index is 1.74. The molecule has 2 aliphatic rings. The van der Waals surface area contributed by atoms with Gasteiger partial charge in [0.15, 0.2) is 0 Å². The van der Waals surface area contributed by atoms with Gasteiger partial charge in [0, 0.05) is 31.6 Å².